The third kappa shape index (κ3) is 3.50. The molecule has 0 aromatic carbocycles. The molecule has 18 heavy (non-hydrogen) atoms. The molecule has 1 fully saturated rings. The monoisotopic (exact) mass is 369 g/mol. The molecule has 1 aliphatic carbocycles. The smallest absolute Gasteiger partial charge is 0.188 e. The lowest BCUT2D eigenvalue weighted by molar-refractivity contribution is -0.176. The van der Waals surface area contributed by atoms with Gasteiger partial charge in [-0.3, -0.25) is 4.99 Å². The summed E-state index contributed by atoms with van der Waals surface area (Å²) in [6.07, 6.45) is 0.967. The van der Waals surface area contributed by atoms with E-state index >= 15 is 0 Å². The van der Waals surface area contributed by atoms with Crippen LogP contribution in [-0.4, -0.2) is 31.3 Å². The van der Waals surface area contributed by atoms with Crippen LogP contribution in [0.25, 0.3) is 0 Å². The van der Waals surface area contributed by atoms with Crippen molar-refractivity contribution in [1.29, 1.82) is 0 Å². The highest BCUT2D eigenvalue weighted by atomic mass is 127. The van der Waals surface area contributed by atoms with Crippen molar-refractivity contribution >= 4 is 29.9 Å². The molecule has 0 bridgehead atoms. The van der Waals surface area contributed by atoms with Crippen molar-refractivity contribution in [2.24, 2.45) is 22.1 Å². The SMILES string of the molecule is COC1(C)CC(NC(N)=NCC(C)C)C1(C)C.I. The van der Waals surface area contributed by atoms with Gasteiger partial charge in [0.15, 0.2) is 5.96 Å². The summed E-state index contributed by atoms with van der Waals surface area (Å²) >= 11 is 0. The molecule has 0 spiro atoms. The van der Waals surface area contributed by atoms with Crippen LogP contribution in [0.3, 0.4) is 0 Å². The normalized spacial score (nSPS) is 30.6. The van der Waals surface area contributed by atoms with Gasteiger partial charge in [-0.2, -0.15) is 0 Å². The van der Waals surface area contributed by atoms with Gasteiger partial charge in [0.25, 0.3) is 0 Å². The molecule has 1 aliphatic rings. The molecule has 0 aliphatic heterocycles. The Morgan fingerprint density at radius 2 is 2.00 bits per heavy atom. The van der Waals surface area contributed by atoms with Crippen LogP contribution in [0.2, 0.25) is 0 Å². The number of aliphatic imine (C=N–C) groups is 1. The Labute approximate surface area is 128 Å². The van der Waals surface area contributed by atoms with E-state index in [0.29, 0.717) is 17.9 Å². The van der Waals surface area contributed by atoms with Gasteiger partial charge in [0.05, 0.1) is 5.60 Å². The van der Waals surface area contributed by atoms with Crippen LogP contribution in [0.15, 0.2) is 4.99 Å². The minimum absolute atomic E-state index is 0. The second-order valence-electron chi connectivity index (χ2n) is 6.18. The van der Waals surface area contributed by atoms with Gasteiger partial charge in [-0.25, -0.2) is 0 Å². The van der Waals surface area contributed by atoms with Gasteiger partial charge in [0, 0.05) is 25.1 Å². The quantitative estimate of drug-likeness (QED) is 0.455. The molecule has 1 saturated carbocycles. The molecule has 5 heteroatoms. The van der Waals surface area contributed by atoms with E-state index in [1.54, 1.807) is 7.11 Å². The molecular formula is C13H28IN3O. The first kappa shape index (κ1) is 18.0. The number of rotatable bonds is 4. The highest BCUT2D eigenvalue weighted by Crippen LogP contribution is 2.51. The van der Waals surface area contributed by atoms with Crippen LogP contribution in [0.1, 0.15) is 41.0 Å². The van der Waals surface area contributed by atoms with Gasteiger partial charge in [-0.05, 0) is 19.3 Å². The van der Waals surface area contributed by atoms with Gasteiger partial charge in [0.1, 0.15) is 0 Å². The first-order valence-electron chi connectivity index (χ1n) is 6.34. The Balaban J connectivity index is 0.00000289. The second-order valence-corrected chi connectivity index (χ2v) is 6.18. The molecule has 0 saturated heterocycles. The summed E-state index contributed by atoms with van der Waals surface area (Å²) in [5, 5.41) is 3.30. The number of methoxy groups -OCH3 is 1. The van der Waals surface area contributed by atoms with Gasteiger partial charge in [-0.15, -0.1) is 24.0 Å². The van der Waals surface area contributed by atoms with E-state index < -0.39 is 0 Å². The molecule has 2 unspecified atom stereocenters. The standard InChI is InChI=1S/C13H27N3O.HI/c1-9(2)8-15-11(14)16-10-7-13(5,17-6)12(10,3)4;/h9-10H,7-8H2,1-6H3,(H3,14,15,16);1H. The number of nitrogens with zero attached hydrogens (tertiary/aromatic N) is 1. The first-order chi connectivity index (χ1) is 7.73. The lowest BCUT2D eigenvalue weighted by Gasteiger charge is -2.59. The maximum atomic E-state index is 5.88. The highest BCUT2D eigenvalue weighted by Gasteiger charge is 2.57. The maximum Gasteiger partial charge on any atom is 0.188 e. The van der Waals surface area contributed by atoms with Crippen LogP contribution in [0.5, 0.6) is 0 Å². The van der Waals surface area contributed by atoms with Crippen molar-refractivity contribution in [1.82, 2.24) is 5.32 Å². The third-order valence-corrected chi connectivity index (χ3v) is 4.23. The Bertz CT molecular complexity index is 305. The topological polar surface area (TPSA) is 59.6 Å². The van der Waals surface area contributed by atoms with E-state index in [9.17, 15) is 0 Å². The number of guanidine groups is 1. The molecule has 4 nitrogen and oxygen atoms in total. The van der Waals surface area contributed by atoms with Crippen molar-refractivity contribution in [3.8, 4) is 0 Å². The van der Waals surface area contributed by atoms with E-state index in [0.717, 1.165) is 13.0 Å². The molecule has 3 N–H and O–H groups in total. The summed E-state index contributed by atoms with van der Waals surface area (Å²) in [7, 11) is 1.77. The lowest BCUT2D eigenvalue weighted by Crippen LogP contribution is -2.69. The average Bonchev–Trinajstić information content (AvgIpc) is 2.25. The summed E-state index contributed by atoms with van der Waals surface area (Å²) < 4.78 is 5.58. The van der Waals surface area contributed by atoms with Crippen LogP contribution in [0, 0.1) is 11.3 Å². The zero-order valence-electron chi connectivity index (χ0n) is 12.4. The Morgan fingerprint density at radius 3 is 2.39 bits per heavy atom. The minimum atomic E-state index is -0.0665. The summed E-state index contributed by atoms with van der Waals surface area (Å²) in [4.78, 5) is 4.33. The summed E-state index contributed by atoms with van der Waals surface area (Å²) in [5.74, 6) is 1.09. The van der Waals surface area contributed by atoms with Crippen molar-refractivity contribution < 1.29 is 4.74 Å². The molecule has 2 atom stereocenters. The van der Waals surface area contributed by atoms with E-state index in [4.69, 9.17) is 10.5 Å². The van der Waals surface area contributed by atoms with Crippen LogP contribution >= 0.6 is 24.0 Å². The number of ether oxygens (including phenoxy) is 1. The van der Waals surface area contributed by atoms with Gasteiger partial charge < -0.3 is 15.8 Å². The molecule has 108 valence electrons. The largest absolute Gasteiger partial charge is 0.378 e. The molecule has 0 radical (unpaired) electrons. The molecule has 0 heterocycles. The maximum absolute atomic E-state index is 5.88. The summed E-state index contributed by atoms with van der Waals surface area (Å²) in [5.41, 5.74) is 5.88. The number of nitrogens with two attached hydrogens (primary N) is 1. The Hall–Kier alpha value is -0.0400. The van der Waals surface area contributed by atoms with Crippen LogP contribution in [-0.2, 0) is 4.74 Å². The van der Waals surface area contributed by atoms with Crippen molar-refractivity contribution in [3.05, 3.63) is 0 Å². The number of halogens is 1. The fourth-order valence-corrected chi connectivity index (χ4v) is 2.23. The van der Waals surface area contributed by atoms with E-state index in [1.165, 1.54) is 0 Å². The number of hydrogen-bond acceptors (Lipinski definition) is 2. The van der Waals surface area contributed by atoms with Gasteiger partial charge in [-0.1, -0.05) is 27.7 Å². The fourth-order valence-electron chi connectivity index (χ4n) is 2.23. The molecule has 0 aromatic heterocycles. The van der Waals surface area contributed by atoms with Crippen molar-refractivity contribution in [2.45, 2.75) is 52.7 Å². The first-order valence-corrected chi connectivity index (χ1v) is 6.34. The predicted molar refractivity (Wildman–Crippen MR) is 87.5 cm³/mol. The minimum Gasteiger partial charge on any atom is -0.378 e. The number of hydrogen-bond donors (Lipinski definition) is 2. The average molecular weight is 369 g/mol. The summed E-state index contributed by atoms with van der Waals surface area (Å²) in [6, 6.07) is 0.336. The van der Waals surface area contributed by atoms with Gasteiger partial charge in [0.2, 0.25) is 0 Å². The van der Waals surface area contributed by atoms with Gasteiger partial charge >= 0.3 is 0 Å². The third-order valence-electron chi connectivity index (χ3n) is 4.23. The van der Waals surface area contributed by atoms with E-state index in [1.807, 2.05) is 0 Å². The van der Waals surface area contributed by atoms with E-state index in [2.05, 4.69) is 44.9 Å². The van der Waals surface area contributed by atoms with E-state index in [-0.39, 0.29) is 35.0 Å². The van der Waals surface area contributed by atoms with Crippen LogP contribution in [0.4, 0.5) is 0 Å². The zero-order valence-corrected chi connectivity index (χ0v) is 14.7. The molecular weight excluding hydrogens is 341 g/mol. The molecule has 0 aromatic rings. The van der Waals surface area contributed by atoms with Crippen LogP contribution < -0.4 is 11.1 Å². The lowest BCUT2D eigenvalue weighted by atomic mass is 9.56. The Kier molecular flexibility index (Phi) is 6.40. The number of nitrogens with one attached hydrogen (secondary N) is 1. The summed E-state index contributed by atoms with van der Waals surface area (Å²) in [6.45, 7) is 11.6. The molecule has 1 rings (SSSR count). The second kappa shape index (κ2) is 6.41. The van der Waals surface area contributed by atoms with Crippen molar-refractivity contribution in [3.63, 3.8) is 0 Å². The predicted octanol–water partition coefficient (Wildman–Crippen LogP) is 2.37. The highest BCUT2D eigenvalue weighted by molar-refractivity contribution is 14.0. The Morgan fingerprint density at radius 1 is 1.44 bits per heavy atom. The fraction of sp³-hybridized carbons (Fsp3) is 0.923. The zero-order chi connectivity index (χ0) is 13.3. The molecule has 0 amide bonds. The van der Waals surface area contributed by atoms with Crippen molar-refractivity contribution in [2.75, 3.05) is 13.7 Å².